The largest absolute Gasteiger partial charge is 0.444 e. The summed E-state index contributed by atoms with van der Waals surface area (Å²) in [5.74, 6) is 0.326. The minimum absolute atomic E-state index is 0.214. The van der Waals surface area contributed by atoms with Gasteiger partial charge in [0.2, 0.25) is 5.89 Å². The molecule has 0 spiro atoms. The van der Waals surface area contributed by atoms with E-state index in [1.54, 1.807) is 12.5 Å². The second kappa shape index (κ2) is 5.62. The molecule has 0 aliphatic carbocycles. The highest BCUT2D eigenvalue weighted by atomic mass is 16.3. The Balaban J connectivity index is 1.66. The monoisotopic (exact) mass is 282 g/mol. The summed E-state index contributed by atoms with van der Waals surface area (Å²) in [6, 6.07) is 9.61. The van der Waals surface area contributed by atoms with Gasteiger partial charge in [-0.2, -0.15) is 5.10 Å². The van der Waals surface area contributed by atoms with E-state index >= 15 is 0 Å². The zero-order valence-electron chi connectivity index (χ0n) is 11.5. The minimum Gasteiger partial charge on any atom is -0.444 e. The van der Waals surface area contributed by atoms with Gasteiger partial charge in [0.1, 0.15) is 12.0 Å². The van der Waals surface area contributed by atoms with Gasteiger partial charge in [-0.15, -0.1) is 0 Å². The van der Waals surface area contributed by atoms with Gasteiger partial charge in [0.25, 0.3) is 5.91 Å². The Labute approximate surface area is 121 Å². The van der Waals surface area contributed by atoms with Crippen molar-refractivity contribution < 1.29 is 9.21 Å². The molecule has 0 radical (unpaired) electrons. The first-order chi connectivity index (χ1) is 10.2. The quantitative estimate of drug-likeness (QED) is 0.769. The molecule has 1 amide bonds. The predicted octanol–water partition coefficient (Wildman–Crippen LogP) is 2.30. The van der Waals surface area contributed by atoms with Gasteiger partial charge in [-0.1, -0.05) is 18.2 Å². The van der Waals surface area contributed by atoms with Gasteiger partial charge in [-0.3, -0.25) is 9.89 Å². The molecule has 0 bridgehead atoms. The van der Waals surface area contributed by atoms with Gasteiger partial charge in [0.05, 0.1) is 18.4 Å². The first kappa shape index (κ1) is 13.1. The van der Waals surface area contributed by atoms with Crippen LogP contribution in [0.1, 0.15) is 21.7 Å². The SMILES string of the molecule is Cc1cn[nH]c1C(=O)NCc1coc(-c2ccccc2)n1. The third kappa shape index (κ3) is 2.84. The lowest BCUT2D eigenvalue weighted by Gasteiger charge is -2.01. The number of aromatic nitrogens is 3. The summed E-state index contributed by atoms with van der Waals surface area (Å²) in [5.41, 5.74) is 2.83. The van der Waals surface area contributed by atoms with Gasteiger partial charge in [0, 0.05) is 5.56 Å². The van der Waals surface area contributed by atoms with Crippen LogP contribution in [0.4, 0.5) is 0 Å². The van der Waals surface area contributed by atoms with E-state index in [1.165, 1.54) is 0 Å². The second-order valence-corrected chi connectivity index (χ2v) is 4.62. The molecule has 3 rings (SSSR count). The van der Waals surface area contributed by atoms with Gasteiger partial charge in [-0.05, 0) is 24.6 Å². The van der Waals surface area contributed by atoms with Crippen LogP contribution in [0.15, 0.2) is 47.2 Å². The lowest BCUT2D eigenvalue weighted by molar-refractivity contribution is 0.0945. The standard InChI is InChI=1S/C15H14N4O2/c1-10-7-17-19-13(10)14(20)16-8-12-9-21-15(18-12)11-5-3-2-4-6-11/h2-7,9H,8H2,1H3,(H,16,20)(H,17,19). The molecule has 0 unspecified atom stereocenters. The summed E-state index contributed by atoms with van der Waals surface area (Å²) in [6.07, 6.45) is 3.15. The zero-order valence-corrected chi connectivity index (χ0v) is 11.5. The molecule has 2 aromatic heterocycles. The average molecular weight is 282 g/mol. The number of amides is 1. The van der Waals surface area contributed by atoms with Crippen LogP contribution in [0.5, 0.6) is 0 Å². The summed E-state index contributed by atoms with van der Waals surface area (Å²) >= 11 is 0. The molecule has 0 fully saturated rings. The summed E-state index contributed by atoms with van der Waals surface area (Å²) in [6.45, 7) is 2.12. The number of carbonyl (C=O) groups is 1. The molecule has 3 aromatic rings. The van der Waals surface area contributed by atoms with E-state index in [-0.39, 0.29) is 5.91 Å². The maximum absolute atomic E-state index is 11.9. The lowest BCUT2D eigenvalue weighted by atomic mass is 10.2. The van der Waals surface area contributed by atoms with Crippen LogP contribution in [0.25, 0.3) is 11.5 Å². The normalized spacial score (nSPS) is 10.5. The Morgan fingerprint density at radius 2 is 2.14 bits per heavy atom. The van der Waals surface area contributed by atoms with E-state index < -0.39 is 0 Å². The van der Waals surface area contributed by atoms with Gasteiger partial charge >= 0.3 is 0 Å². The summed E-state index contributed by atoms with van der Waals surface area (Å²) in [7, 11) is 0. The maximum Gasteiger partial charge on any atom is 0.269 e. The smallest absolute Gasteiger partial charge is 0.269 e. The lowest BCUT2D eigenvalue weighted by Crippen LogP contribution is -2.24. The van der Waals surface area contributed by atoms with E-state index in [1.807, 2.05) is 37.3 Å². The van der Waals surface area contributed by atoms with Crippen molar-refractivity contribution >= 4 is 5.91 Å². The highest BCUT2D eigenvalue weighted by Gasteiger charge is 2.12. The Hall–Kier alpha value is -2.89. The molecule has 21 heavy (non-hydrogen) atoms. The molecule has 6 nitrogen and oxygen atoms in total. The molecule has 0 atom stereocenters. The van der Waals surface area contributed by atoms with Crippen molar-refractivity contribution in [3.63, 3.8) is 0 Å². The number of oxazole rings is 1. The van der Waals surface area contributed by atoms with Crippen LogP contribution in [0.2, 0.25) is 0 Å². The Bertz CT molecular complexity index is 746. The van der Waals surface area contributed by atoms with Crippen LogP contribution < -0.4 is 5.32 Å². The number of rotatable bonds is 4. The van der Waals surface area contributed by atoms with E-state index in [4.69, 9.17) is 4.42 Å². The highest BCUT2D eigenvalue weighted by molar-refractivity contribution is 5.93. The molecule has 0 saturated heterocycles. The van der Waals surface area contributed by atoms with Crippen LogP contribution in [0, 0.1) is 6.92 Å². The molecule has 106 valence electrons. The van der Waals surface area contributed by atoms with Gasteiger partial charge in [0.15, 0.2) is 0 Å². The number of aryl methyl sites for hydroxylation is 1. The zero-order chi connectivity index (χ0) is 14.7. The fourth-order valence-corrected chi connectivity index (χ4v) is 1.94. The fraction of sp³-hybridized carbons (Fsp3) is 0.133. The van der Waals surface area contributed by atoms with Crippen molar-refractivity contribution in [1.82, 2.24) is 20.5 Å². The number of aromatic amines is 1. The number of H-pyrrole nitrogens is 1. The minimum atomic E-state index is -0.214. The van der Waals surface area contributed by atoms with Crippen molar-refractivity contribution in [3.05, 3.63) is 59.7 Å². The number of benzene rings is 1. The molecule has 0 aliphatic heterocycles. The van der Waals surface area contributed by atoms with Crippen LogP contribution in [-0.4, -0.2) is 21.1 Å². The molecule has 2 heterocycles. The predicted molar refractivity (Wildman–Crippen MR) is 76.4 cm³/mol. The molecular formula is C15H14N4O2. The van der Waals surface area contributed by atoms with E-state index in [0.717, 1.165) is 11.1 Å². The molecular weight excluding hydrogens is 268 g/mol. The van der Waals surface area contributed by atoms with Gasteiger partial charge < -0.3 is 9.73 Å². The van der Waals surface area contributed by atoms with Crippen molar-refractivity contribution in [2.75, 3.05) is 0 Å². The van der Waals surface area contributed by atoms with E-state index in [9.17, 15) is 4.79 Å². The molecule has 6 heteroatoms. The third-order valence-electron chi connectivity index (χ3n) is 3.06. The summed E-state index contributed by atoms with van der Waals surface area (Å²) in [5, 5.41) is 9.26. The molecule has 0 saturated carbocycles. The average Bonchev–Trinajstić information content (AvgIpc) is 3.15. The van der Waals surface area contributed by atoms with Crippen molar-refractivity contribution in [3.8, 4) is 11.5 Å². The first-order valence-corrected chi connectivity index (χ1v) is 6.52. The Morgan fingerprint density at radius 1 is 1.33 bits per heavy atom. The first-order valence-electron chi connectivity index (χ1n) is 6.52. The molecule has 0 aliphatic rings. The van der Waals surface area contributed by atoms with Crippen molar-refractivity contribution in [2.24, 2.45) is 0 Å². The topological polar surface area (TPSA) is 83.8 Å². The van der Waals surface area contributed by atoms with Crippen LogP contribution >= 0.6 is 0 Å². The molecule has 2 N–H and O–H groups in total. The Morgan fingerprint density at radius 3 is 2.86 bits per heavy atom. The van der Waals surface area contributed by atoms with E-state index in [0.29, 0.717) is 23.8 Å². The Kier molecular flexibility index (Phi) is 3.51. The fourth-order valence-electron chi connectivity index (χ4n) is 1.94. The number of carbonyl (C=O) groups excluding carboxylic acids is 1. The van der Waals surface area contributed by atoms with Crippen molar-refractivity contribution in [2.45, 2.75) is 13.5 Å². The van der Waals surface area contributed by atoms with Crippen LogP contribution in [0.3, 0.4) is 0 Å². The van der Waals surface area contributed by atoms with E-state index in [2.05, 4.69) is 20.5 Å². The van der Waals surface area contributed by atoms with Gasteiger partial charge in [-0.25, -0.2) is 4.98 Å². The van der Waals surface area contributed by atoms with Crippen LogP contribution in [-0.2, 0) is 6.54 Å². The van der Waals surface area contributed by atoms with Crippen molar-refractivity contribution in [1.29, 1.82) is 0 Å². The number of nitrogens with zero attached hydrogens (tertiary/aromatic N) is 2. The third-order valence-corrected chi connectivity index (χ3v) is 3.06. The number of nitrogens with one attached hydrogen (secondary N) is 2. The highest BCUT2D eigenvalue weighted by Crippen LogP contribution is 2.17. The summed E-state index contributed by atoms with van der Waals surface area (Å²) < 4.78 is 5.41. The summed E-state index contributed by atoms with van der Waals surface area (Å²) in [4.78, 5) is 16.3. The number of hydrogen-bond donors (Lipinski definition) is 2. The second-order valence-electron chi connectivity index (χ2n) is 4.62. The number of hydrogen-bond acceptors (Lipinski definition) is 4. The molecule has 1 aromatic carbocycles. The maximum atomic E-state index is 11.9.